The number of rotatable bonds is 3. The third-order valence-corrected chi connectivity index (χ3v) is 6.11. The van der Waals surface area contributed by atoms with E-state index >= 15 is 0 Å². The Kier molecular flexibility index (Phi) is 4.59. The van der Waals surface area contributed by atoms with Crippen molar-refractivity contribution in [1.29, 1.82) is 0 Å². The molecule has 20 heavy (non-hydrogen) atoms. The quantitative estimate of drug-likeness (QED) is 0.919. The van der Waals surface area contributed by atoms with Crippen LogP contribution in [-0.2, 0) is 14.8 Å². The van der Waals surface area contributed by atoms with Crippen molar-refractivity contribution in [3.8, 4) is 0 Å². The van der Waals surface area contributed by atoms with E-state index in [-0.39, 0.29) is 28.0 Å². The van der Waals surface area contributed by atoms with Gasteiger partial charge in [-0.1, -0.05) is 29.3 Å². The Balaban J connectivity index is 2.35. The Bertz CT molecular complexity index is 632. The predicted octanol–water partition coefficient (Wildman–Crippen LogP) is 2.48. The molecule has 110 valence electrons. The molecule has 2 rings (SSSR count). The fraction of sp³-hybridized carbons (Fsp3) is 0.417. The molecule has 0 aliphatic carbocycles. The summed E-state index contributed by atoms with van der Waals surface area (Å²) in [4.78, 5) is 10.9. The number of nitrogens with zero attached hydrogens (tertiary/aromatic N) is 1. The number of carboxylic acid groups (broad SMARTS) is 1. The van der Waals surface area contributed by atoms with Crippen molar-refractivity contribution in [2.24, 2.45) is 5.92 Å². The molecule has 0 radical (unpaired) electrons. The normalized spacial score (nSPS) is 20.8. The zero-order valence-corrected chi connectivity index (χ0v) is 12.7. The van der Waals surface area contributed by atoms with E-state index in [0.717, 1.165) is 4.31 Å². The van der Waals surface area contributed by atoms with Crippen LogP contribution in [-0.4, -0.2) is 36.9 Å². The molecule has 1 aromatic rings. The number of carbonyl (C=O) groups is 1. The van der Waals surface area contributed by atoms with Crippen LogP contribution in [0.4, 0.5) is 0 Å². The lowest BCUT2D eigenvalue weighted by Crippen LogP contribution is -2.42. The van der Waals surface area contributed by atoms with Gasteiger partial charge in [0.05, 0.1) is 16.0 Å². The van der Waals surface area contributed by atoms with Crippen molar-refractivity contribution in [2.45, 2.75) is 17.7 Å². The minimum absolute atomic E-state index is 0.0355. The van der Waals surface area contributed by atoms with E-state index in [0.29, 0.717) is 12.8 Å². The number of hydrogen-bond acceptors (Lipinski definition) is 3. The maximum atomic E-state index is 12.5. The van der Waals surface area contributed by atoms with Crippen LogP contribution < -0.4 is 0 Å². The SMILES string of the molecule is O=C(O)[C@H]1CCCN(S(=O)(=O)c2cccc(Cl)c2Cl)C1. The Morgan fingerprint density at radius 1 is 1.35 bits per heavy atom. The number of sulfonamides is 1. The topological polar surface area (TPSA) is 74.7 Å². The van der Waals surface area contributed by atoms with Crippen molar-refractivity contribution in [3.05, 3.63) is 28.2 Å². The highest BCUT2D eigenvalue weighted by atomic mass is 35.5. The summed E-state index contributed by atoms with van der Waals surface area (Å²) in [6.07, 6.45) is 0.985. The summed E-state index contributed by atoms with van der Waals surface area (Å²) in [5, 5.41) is 9.14. The molecule has 1 saturated heterocycles. The molecule has 1 fully saturated rings. The van der Waals surface area contributed by atoms with E-state index in [1.165, 1.54) is 18.2 Å². The Morgan fingerprint density at radius 2 is 2.05 bits per heavy atom. The summed E-state index contributed by atoms with van der Waals surface area (Å²) in [7, 11) is -3.83. The van der Waals surface area contributed by atoms with Crippen LogP contribution in [0.15, 0.2) is 23.1 Å². The first-order valence-electron chi connectivity index (χ1n) is 6.01. The average molecular weight is 338 g/mol. The van der Waals surface area contributed by atoms with E-state index < -0.39 is 21.9 Å². The molecule has 1 aliphatic rings. The Hall–Kier alpha value is -0.820. The van der Waals surface area contributed by atoms with Gasteiger partial charge in [0.25, 0.3) is 0 Å². The van der Waals surface area contributed by atoms with E-state index in [1.807, 2.05) is 0 Å². The van der Waals surface area contributed by atoms with Crippen LogP contribution >= 0.6 is 23.2 Å². The molecule has 1 aliphatic heterocycles. The predicted molar refractivity (Wildman–Crippen MR) is 75.6 cm³/mol. The zero-order chi connectivity index (χ0) is 14.9. The van der Waals surface area contributed by atoms with Gasteiger partial charge in [-0.2, -0.15) is 4.31 Å². The van der Waals surface area contributed by atoms with Crippen LogP contribution in [0.25, 0.3) is 0 Å². The van der Waals surface area contributed by atoms with Crippen molar-refractivity contribution < 1.29 is 18.3 Å². The molecule has 5 nitrogen and oxygen atoms in total. The van der Waals surface area contributed by atoms with Crippen LogP contribution in [0.3, 0.4) is 0 Å². The van der Waals surface area contributed by atoms with Crippen molar-refractivity contribution in [1.82, 2.24) is 4.31 Å². The lowest BCUT2D eigenvalue weighted by Gasteiger charge is -2.30. The fourth-order valence-corrected chi connectivity index (χ4v) is 4.44. The number of aliphatic carboxylic acids is 1. The van der Waals surface area contributed by atoms with Crippen molar-refractivity contribution in [2.75, 3.05) is 13.1 Å². The molecule has 1 heterocycles. The first-order chi connectivity index (χ1) is 9.34. The van der Waals surface area contributed by atoms with Gasteiger partial charge in [0.15, 0.2) is 0 Å². The first-order valence-corrected chi connectivity index (χ1v) is 8.20. The molecule has 0 bridgehead atoms. The third-order valence-electron chi connectivity index (χ3n) is 3.27. The number of halogens is 2. The van der Waals surface area contributed by atoms with Crippen molar-refractivity contribution >= 4 is 39.2 Å². The highest BCUT2D eigenvalue weighted by Crippen LogP contribution is 2.32. The summed E-state index contributed by atoms with van der Waals surface area (Å²) < 4.78 is 26.2. The lowest BCUT2D eigenvalue weighted by atomic mass is 10.0. The molecule has 1 atom stereocenters. The third kappa shape index (κ3) is 2.93. The standard InChI is InChI=1S/C12H13Cl2NO4S/c13-9-4-1-5-10(11(9)14)20(18,19)15-6-2-3-8(7-15)12(16)17/h1,4-5,8H,2-3,6-7H2,(H,16,17)/t8-/m0/s1. The van der Waals surface area contributed by atoms with Gasteiger partial charge >= 0.3 is 5.97 Å². The molecule has 1 aromatic carbocycles. The summed E-state index contributed by atoms with van der Waals surface area (Å²) in [6, 6.07) is 4.37. The van der Waals surface area contributed by atoms with Gasteiger partial charge in [-0.25, -0.2) is 8.42 Å². The second-order valence-electron chi connectivity index (χ2n) is 4.59. The maximum Gasteiger partial charge on any atom is 0.307 e. The highest BCUT2D eigenvalue weighted by Gasteiger charge is 2.34. The second-order valence-corrected chi connectivity index (χ2v) is 7.28. The minimum atomic E-state index is -3.83. The summed E-state index contributed by atoms with van der Waals surface area (Å²) in [5.74, 6) is -1.67. The molecular weight excluding hydrogens is 325 g/mol. The van der Waals surface area contributed by atoms with E-state index in [9.17, 15) is 13.2 Å². The monoisotopic (exact) mass is 337 g/mol. The smallest absolute Gasteiger partial charge is 0.307 e. The Morgan fingerprint density at radius 3 is 2.70 bits per heavy atom. The first kappa shape index (κ1) is 15.6. The summed E-state index contributed by atoms with van der Waals surface area (Å²) in [6.45, 7) is 0.246. The van der Waals surface area contributed by atoms with Gasteiger partial charge in [-0.3, -0.25) is 4.79 Å². The van der Waals surface area contributed by atoms with Gasteiger partial charge in [-0.05, 0) is 25.0 Å². The molecule has 1 N–H and O–H groups in total. The second kappa shape index (κ2) is 5.89. The van der Waals surface area contributed by atoms with E-state index in [2.05, 4.69) is 0 Å². The number of carboxylic acids is 1. The largest absolute Gasteiger partial charge is 0.481 e. The van der Waals surface area contributed by atoms with Crippen LogP contribution in [0.5, 0.6) is 0 Å². The highest BCUT2D eigenvalue weighted by molar-refractivity contribution is 7.89. The van der Waals surface area contributed by atoms with Gasteiger partial charge < -0.3 is 5.11 Å². The van der Waals surface area contributed by atoms with E-state index in [1.54, 1.807) is 0 Å². The molecule has 0 saturated carbocycles. The average Bonchev–Trinajstić information content (AvgIpc) is 2.41. The molecule has 0 spiro atoms. The van der Waals surface area contributed by atoms with Gasteiger partial charge in [0.2, 0.25) is 10.0 Å². The maximum absolute atomic E-state index is 12.5. The molecule has 8 heteroatoms. The van der Waals surface area contributed by atoms with Crippen LogP contribution in [0, 0.1) is 5.92 Å². The summed E-state index contributed by atoms with van der Waals surface area (Å²) in [5.41, 5.74) is 0. The van der Waals surface area contributed by atoms with Crippen molar-refractivity contribution in [3.63, 3.8) is 0 Å². The number of benzene rings is 1. The van der Waals surface area contributed by atoms with Gasteiger partial charge in [-0.15, -0.1) is 0 Å². The molecular formula is C12H13Cl2NO4S. The van der Waals surface area contributed by atoms with Gasteiger partial charge in [0, 0.05) is 13.1 Å². The van der Waals surface area contributed by atoms with Crippen LogP contribution in [0.2, 0.25) is 10.0 Å². The van der Waals surface area contributed by atoms with E-state index in [4.69, 9.17) is 28.3 Å². The minimum Gasteiger partial charge on any atom is -0.481 e. The number of hydrogen-bond donors (Lipinski definition) is 1. The van der Waals surface area contributed by atoms with Gasteiger partial charge in [0.1, 0.15) is 4.90 Å². The lowest BCUT2D eigenvalue weighted by molar-refractivity contribution is -0.142. The molecule has 0 unspecified atom stereocenters. The Labute approximate surface area is 127 Å². The molecule has 0 aromatic heterocycles. The zero-order valence-electron chi connectivity index (χ0n) is 10.4. The fourth-order valence-electron chi connectivity index (χ4n) is 2.18. The number of piperidine rings is 1. The summed E-state index contributed by atoms with van der Waals surface area (Å²) >= 11 is 11.8. The molecule has 0 amide bonds. The van der Waals surface area contributed by atoms with Crippen LogP contribution in [0.1, 0.15) is 12.8 Å².